The molecule has 2 nitrogen and oxygen atoms in total. The average Bonchev–Trinajstić information content (AvgIpc) is 2.80. The Morgan fingerprint density at radius 3 is 2.67 bits per heavy atom. The molecular formula is C13H20N2. The van der Waals surface area contributed by atoms with Crippen molar-refractivity contribution in [1.29, 1.82) is 0 Å². The van der Waals surface area contributed by atoms with Gasteiger partial charge in [-0.25, -0.2) is 0 Å². The van der Waals surface area contributed by atoms with Gasteiger partial charge in [0.2, 0.25) is 0 Å². The Hall–Kier alpha value is -0.890. The van der Waals surface area contributed by atoms with Crippen molar-refractivity contribution in [3.8, 4) is 0 Å². The molecule has 0 aliphatic heterocycles. The van der Waals surface area contributed by atoms with Gasteiger partial charge in [0, 0.05) is 25.0 Å². The minimum Gasteiger partial charge on any atom is -0.313 e. The Kier molecular flexibility index (Phi) is 3.73. The second-order valence-corrected chi connectivity index (χ2v) is 4.57. The quantitative estimate of drug-likeness (QED) is 0.815. The van der Waals surface area contributed by atoms with E-state index in [-0.39, 0.29) is 0 Å². The molecule has 1 atom stereocenters. The number of rotatable bonds is 4. The van der Waals surface area contributed by atoms with Crippen LogP contribution >= 0.6 is 0 Å². The van der Waals surface area contributed by atoms with Gasteiger partial charge in [-0.1, -0.05) is 19.8 Å². The molecule has 82 valence electrons. The van der Waals surface area contributed by atoms with Crippen LogP contribution in [0.1, 0.15) is 44.1 Å². The first-order valence-electron chi connectivity index (χ1n) is 5.99. The maximum absolute atomic E-state index is 4.04. The predicted octanol–water partition coefficient (Wildman–Crippen LogP) is 2.72. The summed E-state index contributed by atoms with van der Waals surface area (Å²) in [6.45, 7) is 3.37. The van der Waals surface area contributed by atoms with Crippen LogP contribution < -0.4 is 5.32 Å². The smallest absolute Gasteiger partial charge is 0.0270 e. The fraction of sp³-hybridized carbons (Fsp3) is 0.615. The predicted molar refractivity (Wildman–Crippen MR) is 62.9 cm³/mol. The van der Waals surface area contributed by atoms with Gasteiger partial charge in [-0.15, -0.1) is 0 Å². The maximum atomic E-state index is 4.04. The van der Waals surface area contributed by atoms with Crippen molar-refractivity contribution in [3.63, 3.8) is 0 Å². The molecule has 1 saturated carbocycles. The Balaban J connectivity index is 1.79. The topological polar surface area (TPSA) is 24.9 Å². The van der Waals surface area contributed by atoms with Crippen molar-refractivity contribution >= 4 is 0 Å². The zero-order valence-electron chi connectivity index (χ0n) is 9.45. The molecule has 1 aromatic rings. The Morgan fingerprint density at radius 1 is 1.33 bits per heavy atom. The van der Waals surface area contributed by atoms with Gasteiger partial charge < -0.3 is 5.32 Å². The van der Waals surface area contributed by atoms with E-state index in [0.29, 0.717) is 5.92 Å². The summed E-state index contributed by atoms with van der Waals surface area (Å²) in [6, 6.07) is 5.00. The van der Waals surface area contributed by atoms with Crippen molar-refractivity contribution in [1.82, 2.24) is 10.3 Å². The number of nitrogens with one attached hydrogen (secondary N) is 1. The van der Waals surface area contributed by atoms with Crippen molar-refractivity contribution in [2.24, 2.45) is 0 Å². The zero-order chi connectivity index (χ0) is 10.5. The summed E-state index contributed by atoms with van der Waals surface area (Å²) in [5, 5.41) is 3.66. The Bertz CT molecular complexity index is 278. The molecule has 0 aromatic carbocycles. The standard InChI is InChI=1S/C13H20N2/c1-11(12-6-8-14-9-7-12)10-15-13-4-2-3-5-13/h6-9,11,13,15H,2-5,10H2,1H3. The largest absolute Gasteiger partial charge is 0.313 e. The molecule has 15 heavy (non-hydrogen) atoms. The molecule has 0 amide bonds. The van der Waals surface area contributed by atoms with E-state index in [9.17, 15) is 0 Å². The average molecular weight is 204 g/mol. The van der Waals surface area contributed by atoms with E-state index >= 15 is 0 Å². The highest BCUT2D eigenvalue weighted by Crippen LogP contribution is 2.19. The Morgan fingerprint density at radius 2 is 2.00 bits per heavy atom. The lowest BCUT2D eigenvalue weighted by molar-refractivity contribution is 0.499. The molecule has 1 aliphatic carbocycles. The van der Waals surface area contributed by atoms with Crippen LogP contribution in [0, 0.1) is 0 Å². The van der Waals surface area contributed by atoms with E-state index in [1.54, 1.807) is 0 Å². The van der Waals surface area contributed by atoms with E-state index < -0.39 is 0 Å². The van der Waals surface area contributed by atoms with Crippen molar-refractivity contribution < 1.29 is 0 Å². The second kappa shape index (κ2) is 5.26. The molecule has 0 bridgehead atoms. The summed E-state index contributed by atoms with van der Waals surface area (Å²) >= 11 is 0. The van der Waals surface area contributed by atoms with E-state index in [1.165, 1.54) is 31.2 Å². The molecule has 1 aliphatic rings. The highest BCUT2D eigenvalue weighted by molar-refractivity contribution is 5.15. The number of hydrogen-bond donors (Lipinski definition) is 1. The second-order valence-electron chi connectivity index (χ2n) is 4.57. The number of aromatic nitrogens is 1. The third-order valence-corrected chi connectivity index (χ3v) is 3.34. The summed E-state index contributed by atoms with van der Waals surface area (Å²) in [4.78, 5) is 4.04. The highest BCUT2D eigenvalue weighted by atomic mass is 14.9. The van der Waals surface area contributed by atoms with Gasteiger partial charge in [0.15, 0.2) is 0 Å². The lowest BCUT2D eigenvalue weighted by Crippen LogP contribution is -2.29. The van der Waals surface area contributed by atoms with Crippen LogP contribution in [0.15, 0.2) is 24.5 Å². The molecular weight excluding hydrogens is 184 g/mol. The van der Waals surface area contributed by atoms with E-state index in [4.69, 9.17) is 0 Å². The van der Waals surface area contributed by atoms with Crippen LogP contribution in [0.4, 0.5) is 0 Å². The van der Waals surface area contributed by atoms with E-state index in [0.717, 1.165) is 12.6 Å². The van der Waals surface area contributed by atoms with Crippen molar-refractivity contribution in [2.75, 3.05) is 6.54 Å². The first kappa shape index (κ1) is 10.6. The summed E-state index contributed by atoms with van der Waals surface area (Å²) in [5.41, 5.74) is 1.38. The van der Waals surface area contributed by atoms with E-state index in [2.05, 4.69) is 29.4 Å². The molecule has 0 radical (unpaired) electrons. The third-order valence-electron chi connectivity index (χ3n) is 3.34. The highest BCUT2D eigenvalue weighted by Gasteiger charge is 2.15. The van der Waals surface area contributed by atoms with E-state index in [1.807, 2.05) is 12.4 Å². The number of pyridine rings is 1. The van der Waals surface area contributed by atoms with Crippen LogP contribution in [-0.4, -0.2) is 17.6 Å². The third kappa shape index (κ3) is 3.03. The molecule has 1 heterocycles. The van der Waals surface area contributed by atoms with Gasteiger partial charge in [-0.2, -0.15) is 0 Å². The number of hydrogen-bond acceptors (Lipinski definition) is 2. The zero-order valence-corrected chi connectivity index (χ0v) is 9.45. The van der Waals surface area contributed by atoms with Crippen molar-refractivity contribution in [2.45, 2.75) is 44.6 Å². The summed E-state index contributed by atoms with van der Waals surface area (Å²) in [7, 11) is 0. The fourth-order valence-corrected chi connectivity index (χ4v) is 2.28. The minimum absolute atomic E-state index is 0.591. The fourth-order valence-electron chi connectivity index (χ4n) is 2.28. The van der Waals surface area contributed by atoms with Gasteiger partial charge in [0.25, 0.3) is 0 Å². The van der Waals surface area contributed by atoms with Gasteiger partial charge in [0.1, 0.15) is 0 Å². The van der Waals surface area contributed by atoms with Crippen LogP contribution in [0.5, 0.6) is 0 Å². The normalized spacial score (nSPS) is 19.3. The molecule has 1 unspecified atom stereocenters. The minimum atomic E-state index is 0.591. The molecule has 0 spiro atoms. The molecule has 2 rings (SSSR count). The van der Waals surface area contributed by atoms with Crippen LogP contribution in [-0.2, 0) is 0 Å². The molecule has 0 saturated heterocycles. The lowest BCUT2D eigenvalue weighted by Gasteiger charge is -2.16. The van der Waals surface area contributed by atoms with Gasteiger partial charge in [-0.05, 0) is 36.5 Å². The SMILES string of the molecule is CC(CNC1CCCC1)c1ccncc1. The van der Waals surface area contributed by atoms with Crippen LogP contribution in [0.3, 0.4) is 0 Å². The van der Waals surface area contributed by atoms with Gasteiger partial charge >= 0.3 is 0 Å². The maximum Gasteiger partial charge on any atom is 0.0270 e. The lowest BCUT2D eigenvalue weighted by atomic mass is 10.0. The first-order chi connectivity index (χ1) is 7.36. The van der Waals surface area contributed by atoms with Crippen LogP contribution in [0.25, 0.3) is 0 Å². The van der Waals surface area contributed by atoms with Gasteiger partial charge in [-0.3, -0.25) is 4.98 Å². The van der Waals surface area contributed by atoms with Crippen molar-refractivity contribution in [3.05, 3.63) is 30.1 Å². The monoisotopic (exact) mass is 204 g/mol. The molecule has 2 heteroatoms. The summed E-state index contributed by atoms with van der Waals surface area (Å²) < 4.78 is 0. The molecule has 1 N–H and O–H groups in total. The molecule has 1 aromatic heterocycles. The summed E-state index contributed by atoms with van der Waals surface area (Å²) in [6.07, 6.45) is 9.29. The number of nitrogens with zero attached hydrogens (tertiary/aromatic N) is 1. The first-order valence-corrected chi connectivity index (χ1v) is 5.99. The molecule has 1 fully saturated rings. The van der Waals surface area contributed by atoms with Gasteiger partial charge in [0.05, 0.1) is 0 Å². The Labute approximate surface area is 92.1 Å². The van der Waals surface area contributed by atoms with Crippen LogP contribution in [0.2, 0.25) is 0 Å². The summed E-state index contributed by atoms with van der Waals surface area (Å²) in [5.74, 6) is 0.591.